The minimum Gasteiger partial charge on any atom is -0.481 e. The summed E-state index contributed by atoms with van der Waals surface area (Å²) in [6.45, 7) is 3.66. The molecule has 1 aliphatic heterocycles. The number of carboxylic acids is 1. The lowest BCUT2D eigenvalue weighted by atomic mass is 9.79. The fraction of sp³-hybridized carbons (Fsp3) is 0.263. The molecule has 2 aromatic rings. The van der Waals surface area contributed by atoms with E-state index < -0.39 is 23.7 Å². The molecule has 1 N–H and O–H groups in total. The Balaban J connectivity index is 2.26. The van der Waals surface area contributed by atoms with Crippen molar-refractivity contribution in [1.29, 1.82) is 0 Å². The molecule has 0 aliphatic carbocycles. The van der Waals surface area contributed by atoms with Crippen molar-refractivity contribution in [3.05, 3.63) is 71.0 Å². The summed E-state index contributed by atoms with van der Waals surface area (Å²) in [6, 6.07) is 11.6. The summed E-state index contributed by atoms with van der Waals surface area (Å²) in [5.41, 5.74) is 1.35. The van der Waals surface area contributed by atoms with E-state index in [4.69, 9.17) is 0 Å². The van der Waals surface area contributed by atoms with Gasteiger partial charge in [0.2, 0.25) is 0 Å². The number of hydrogen-bond acceptors (Lipinski definition) is 2. The molecule has 5 heteroatoms. The average Bonchev–Trinajstić information content (AvgIpc) is 2.54. The molecule has 2 aromatic carbocycles. The highest BCUT2D eigenvalue weighted by atomic mass is 19.1. The summed E-state index contributed by atoms with van der Waals surface area (Å²) in [5.74, 6) is -2.66. The van der Waals surface area contributed by atoms with Gasteiger partial charge in [-0.1, -0.05) is 30.3 Å². The van der Waals surface area contributed by atoms with Gasteiger partial charge in [0.25, 0.3) is 5.91 Å². The third-order valence-electron chi connectivity index (χ3n) is 4.39. The van der Waals surface area contributed by atoms with Crippen molar-refractivity contribution in [2.75, 3.05) is 0 Å². The first-order valence-electron chi connectivity index (χ1n) is 7.81. The van der Waals surface area contributed by atoms with E-state index in [1.165, 1.54) is 23.1 Å². The molecule has 0 spiro atoms. The standard InChI is InChI=1S/C19H18FNO3/c1-11(2)21-17(12-6-5-7-13(20)10-12)16(19(23)24)14-8-3-4-9-15(14)18(21)22/h3-11,16-17H,1-2H3,(H,23,24)/t16-,17-/m1/s1. The van der Waals surface area contributed by atoms with Gasteiger partial charge in [-0.25, -0.2) is 4.39 Å². The second-order valence-electron chi connectivity index (χ2n) is 6.21. The molecule has 0 unspecified atom stereocenters. The lowest BCUT2D eigenvalue weighted by Crippen LogP contribution is -2.48. The van der Waals surface area contributed by atoms with Crippen molar-refractivity contribution in [1.82, 2.24) is 4.90 Å². The molecule has 3 rings (SSSR count). The zero-order chi connectivity index (χ0) is 17.4. The molecular formula is C19H18FNO3. The van der Waals surface area contributed by atoms with Crippen LogP contribution in [0.1, 0.15) is 47.3 Å². The van der Waals surface area contributed by atoms with Gasteiger partial charge in [-0.05, 0) is 43.2 Å². The van der Waals surface area contributed by atoms with Crippen LogP contribution in [0.25, 0.3) is 0 Å². The first-order chi connectivity index (χ1) is 11.4. The second-order valence-corrected chi connectivity index (χ2v) is 6.21. The molecule has 0 saturated carbocycles. The summed E-state index contributed by atoms with van der Waals surface area (Å²) < 4.78 is 13.7. The van der Waals surface area contributed by atoms with Crippen LogP contribution >= 0.6 is 0 Å². The van der Waals surface area contributed by atoms with E-state index in [-0.39, 0.29) is 11.9 Å². The normalized spacial score (nSPS) is 20.2. The van der Waals surface area contributed by atoms with Crippen LogP contribution in [0.3, 0.4) is 0 Å². The summed E-state index contributed by atoms with van der Waals surface area (Å²) in [7, 11) is 0. The van der Waals surface area contributed by atoms with Crippen LogP contribution in [0.15, 0.2) is 48.5 Å². The van der Waals surface area contributed by atoms with Crippen molar-refractivity contribution >= 4 is 11.9 Å². The van der Waals surface area contributed by atoms with E-state index in [1.54, 1.807) is 30.3 Å². The fourth-order valence-electron chi connectivity index (χ4n) is 3.43. The highest BCUT2D eigenvalue weighted by Gasteiger charge is 2.45. The van der Waals surface area contributed by atoms with Crippen LogP contribution < -0.4 is 0 Å². The van der Waals surface area contributed by atoms with E-state index in [9.17, 15) is 19.1 Å². The maximum absolute atomic E-state index is 13.7. The zero-order valence-electron chi connectivity index (χ0n) is 13.4. The monoisotopic (exact) mass is 327 g/mol. The molecule has 0 radical (unpaired) electrons. The Labute approximate surface area is 139 Å². The second kappa shape index (κ2) is 6.07. The van der Waals surface area contributed by atoms with Crippen molar-refractivity contribution in [2.45, 2.75) is 31.8 Å². The van der Waals surface area contributed by atoms with Crippen LogP contribution in [0, 0.1) is 5.82 Å². The molecule has 4 nitrogen and oxygen atoms in total. The maximum atomic E-state index is 13.7. The topological polar surface area (TPSA) is 57.6 Å². The number of fused-ring (bicyclic) bond motifs is 1. The lowest BCUT2D eigenvalue weighted by Gasteiger charge is -2.43. The van der Waals surface area contributed by atoms with Crippen LogP contribution in [0.4, 0.5) is 4.39 Å². The Morgan fingerprint density at radius 3 is 2.50 bits per heavy atom. The number of aliphatic carboxylic acids is 1. The minimum atomic E-state index is -1.03. The summed E-state index contributed by atoms with van der Waals surface area (Å²) in [6.07, 6.45) is 0. The number of carboxylic acid groups (broad SMARTS) is 1. The third-order valence-corrected chi connectivity index (χ3v) is 4.39. The molecule has 1 amide bonds. The van der Waals surface area contributed by atoms with Gasteiger partial charge in [0, 0.05) is 11.6 Å². The number of benzene rings is 2. The summed E-state index contributed by atoms with van der Waals surface area (Å²) in [4.78, 5) is 26.5. The van der Waals surface area contributed by atoms with Gasteiger partial charge < -0.3 is 10.0 Å². The molecule has 0 bridgehead atoms. The Kier molecular flexibility index (Phi) is 4.09. The van der Waals surface area contributed by atoms with Gasteiger partial charge in [-0.2, -0.15) is 0 Å². The fourth-order valence-corrected chi connectivity index (χ4v) is 3.43. The summed E-state index contributed by atoms with van der Waals surface area (Å²) in [5, 5.41) is 9.84. The molecule has 0 fully saturated rings. The minimum absolute atomic E-state index is 0.221. The van der Waals surface area contributed by atoms with E-state index in [2.05, 4.69) is 0 Å². The molecule has 2 atom stereocenters. The Morgan fingerprint density at radius 1 is 1.17 bits per heavy atom. The highest BCUT2D eigenvalue weighted by Crippen LogP contribution is 2.43. The Morgan fingerprint density at radius 2 is 1.88 bits per heavy atom. The van der Waals surface area contributed by atoms with Crippen molar-refractivity contribution in [3.63, 3.8) is 0 Å². The number of nitrogens with zero attached hydrogens (tertiary/aromatic N) is 1. The largest absolute Gasteiger partial charge is 0.481 e. The SMILES string of the molecule is CC(C)N1C(=O)c2ccccc2[C@@H](C(=O)O)[C@H]1c1cccc(F)c1. The van der Waals surface area contributed by atoms with E-state index in [0.29, 0.717) is 16.7 Å². The van der Waals surface area contributed by atoms with E-state index in [1.807, 2.05) is 13.8 Å². The van der Waals surface area contributed by atoms with Crippen LogP contribution in [-0.2, 0) is 4.79 Å². The maximum Gasteiger partial charge on any atom is 0.313 e. The van der Waals surface area contributed by atoms with Gasteiger partial charge in [0.05, 0.1) is 6.04 Å². The first-order valence-corrected chi connectivity index (χ1v) is 7.81. The van der Waals surface area contributed by atoms with E-state index >= 15 is 0 Å². The first kappa shape index (κ1) is 16.2. The predicted molar refractivity (Wildman–Crippen MR) is 87.3 cm³/mol. The number of rotatable bonds is 3. The number of amides is 1. The Hall–Kier alpha value is -2.69. The van der Waals surface area contributed by atoms with Gasteiger partial charge in [0.1, 0.15) is 11.7 Å². The van der Waals surface area contributed by atoms with Crippen molar-refractivity contribution in [3.8, 4) is 0 Å². The number of halogens is 1. The quantitative estimate of drug-likeness (QED) is 0.937. The Bertz CT molecular complexity index is 803. The number of carbonyl (C=O) groups is 2. The molecule has 124 valence electrons. The third kappa shape index (κ3) is 2.56. The van der Waals surface area contributed by atoms with Crippen molar-refractivity contribution in [2.24, 2.45) is 0 Å². The number of hydrogen-bond donors (Lipinski definition) is 1. The molecule has 1 heterocycles. The molecule has 24 heavy (non-hydrogen) atoms. The van der Waals surface area contributed by atoms with Gasteiger partial charge in [-0.3, -0.25) is 9.59 Å². The van der Waals surface area contributed by atoms with Crippen LogP contribution in [-0.4, -0.2) is 27.9 Å². The zero-order valence-corrected chi connectivity index (χ0v) is 13.4. The summed E-state index contributed by atoms with van der Waals surface area (Å²) >= 11 is 0. The average molecular weight is 327 g/mol. The molecule has 0 saturated heterocycles. The molecule has 0 aromatic heterocycles. The van der Waals surface area contributed by atoms with Crippen LogP contribution in [0.5, 0.6) is 0 Å². The molecular weight excluding hydrogens is 309 g/mol. The smallest absolute Gasteiger partial charge is 0.313 e. The number of carbonyl (C=O) groups excluding carboxylic acids is 1. The lowest BCUT2D eigenvalue weighted by molar-refractivity contribution is -0.140. The van der Waals surface area contributed by atoms with Crippen LogP contribution in [0.2, 0.25) is 0 Å². The van der Waals surface area contributed by atoms with Gasteiger partial charge >= 0.3 is 5.97 Å². The molecule has 1 aliphatic rings. The predicted octanol–water partition coefficient (Wildman–Crippen LogP) is 3.60. The van der Waals surface area contributed by atoms with Gasteiger partial charge in [0.15, 0.2) is 0 Å². The van der Waals surface area contributed by atoms with Gasteiger partial charge in [-0.15, -0.1) is 0 Å². The van der Waals surface area contributed by atoms with E-state index in [0.717, 1.165) is 0 Å². The van der Waals surface area contributed by atoms with Crippen molar-refractivity contribution < 1.29 is 19.1 Å². The highest BCUT2D eigenvalue weighted by molar-refractivity contribution is 6.00.